The summed E-state index contributed by atoms with van der Waals surface area (Å²) in [5.74, 6) is 0.749. The van der Waals surface area contributed by atoms with Gasteiger partial charge in [0, 0.05) is 56.5 Å². The number of hydrogen-bond donors (Lipinski definition) is 1. The monoisotopic (exact) mass is 374 g/mol. The lowest BCUT2D eigenvalue weighted by Crippen LogP contribution is -2.42. The maximum Gasteiger partial charge on any atom is 0.252 e. The molecule has 1 N–H and O–H groups in total. The van der Waals surface area contributed by atoms with Gasteiger partial charge in [-0.15, -0.1) is 0 Å². The van der Waals surface area contributed by atoms with Crippen molar-refractivity contribution < 1.29 is 9.53 Å². The SMILES string of the molecule is O=C(NCCC1CN(CC2CCOCC2)Cc2ccnn21)c1ccsc1. The lowest BCUT2D eigenvalue weighted by Gasteiger charge is -2.36. The summed E-state index contributed by atoms with van der Waals surface area (Å²) in [4.78, 5) is 14.7. The van der Waals surface area contributed by atoms with Crippen LogP contribution in [0.15, 0.2) is 29.1 Å². The molecule has 4 rings (SSSR count). The van der Waals surface area contributed by atoms with E-state index in [-0.39, 0.29) is 5.91 Å². The summed E-state index contributed by atoms with van der Waals surface area (Å²) < 4.78 is 7.64. The van der Waals surface area contributed by atoms with Gasteiger partial charge in [-0.05, 0) is 42.7 Å². The molecule has 7 heteroatoms. The predicted molar refractivity (Wildman–Crippen MR) is 101 cm³/mol. The molecule has 0 aromatic carbocycles. The molecule has 0 spiro atoms. The van der Waals surface area contributed by atoms with Crippen molar-refractivity contribution in [2.45, 2.75) is 31.8 Å². The summed E-state index contributed by atoms with van der Waals surface area (Å²) in [6.07, 6.45) is 5.12. The van der Waals surface area contributed by atoms with Crippen molar-refractivity contribution in [2.24, 2.45) is 5.92 Å². The molecule has 1 unspecified atom stereocenters. The van der Waals surface area contributed by atoms with Crippen LogP contribution >= 0.6 is 11.3 Å². The van der Waals surface area contributed by atoms with Crippen molar-refractivity contribution in [1.82, 2.24) is 20.0 Å². The fourth-order valence-electron chi connectivity index (χ4n) is 3.96. The van der Waals surface area contributed by atoms with Crippen LogP contribution in [0.4, 0.5) is 0 Å². The Hall–Kier alpha value is -1.70. The Balaban J connectivity index is 1.33. The maximum atomic E-state index is 12.1. The number of nitrogens with zero attached hydrogens (tertiary/aromatic N) is 3. The first-order chi connectivity index (χ1) is 12.8. The van der Waals surface area contributed by atoms with Gasteiger partial charge in [0.2, 0.25) is 0 Å². The quantitative estimate of drug-likeness (QED) is 0.844. The van der Waals surface area contributed by atoms with E-state index >= 15 is 0 Å². The molecule has 1 fully saturated rings. The lowest BCUT2D eigenvalue weighted by molar-refractivity contribution is 0.0443. The third-order valence-electron chi connectivity index (χ3n) is 5.36. The van der Waals surface area contributed by atoms with Gasteiger partial charge in [0.25, 0.3) is 5.91 Å². The Morgan fingerprint density at radius 3 is 3.04 bits per heavy atom. The lowest BCUT2D eigenvalue weighted by atomic mass is 9.98. The van der Waals surface area contributed by atoms with Crippen LogP contribution in [0.5, 0.6) is 0 Å². The number of nitrogens with one attached hydrogen (secondary N) is 1. The number of hydrogen-bond acceptors (Lipinski definition) is 5. The number of fused-ring (bicyclic) bond motifs is 1. The van der Waals surface area contributed by atoms with E-state index in [1.54, 1.807) is 11.3 Å². The second-order valence-corrected chi connectivity index (χ2v) is 8.01. The van der Waals surface area contributed by atoms with Crippen LogP contribution in [-0.4, -0.2) is 53.4 Å². The van der Waals surface area contributed by atoms with Crippen LogP contribution in [0.2, 0.25) is 0 Å². The zero-order valence-corrected chi connectivity index (χ0v) is 15.8. The van der Waals surface area contributed by atoms with Crippen LogP contribution in [0.1, 0.15) is 41.4 Å². The van der Waals surface area contributed by atoms with Gasteiger partial charge < -0.3 is 10.1 Å². The fraction of sp³-hybridized carbons (Fsp3) is 0.579. The zero-order chi connectivity index (χ0) is 17.8. The summed E-state index contributed by atoms with van der Waals surface area (Å²) >= 11 is 1.55. The second-order valence-electron chi connectivity index (χ2n) is 7.23. The number of aromatic nitrogens is 2. The highest BCUT2D eigenvalue weighted by molar-refractivity contribution is 7.08. The minimum atomic E-state index is 0.0156. The number of amides is 1. The molecule has 6 nitrogen and oxygen atoms in total. The second kappa shape index (κ2) is 8.33. The van der Waals surface area contributed by atoms with Gasteiger partial charge >= 0.3 is 0 Å². The van der Waals surface area contributed by atoms with Crippen molar-refractivity contribution in [1.29, 1.82) is 0 Å². The minimum absolute atomic E-state index is 0.0156. The van der Waals surface area contributed by atoms with Crippen molar-refractivity contribution in [3.05, 3.63) is 40.3 Å². The molecule has 0 bridgehead atoms. The van der Waals surface area contributed by atoms with Crippen LogP contribution in [0, 0.1) is 5.92 Å². The third kappa shape index (κ3) is 4.16. The number of thiophene rings is 1. The van der Waals surface area contributed by atoms with Crippen LogP contribution in [0.25, 0.3) is 0 Å². The third-order valence-corrected chi connectivity index (χ3v) is 6.04. The van der Waals surface area contributed by atoms with Gasteiger partial charge in [0.05, 0.1) is 11.7 Å². The topological polar surface area (TPSA) is 59.4 Å². The first-order valence-electron chi connectivity index (χ1n) is 9.42. The Morgan fingerprint density at radius 2 is 2.23 bits per heavy atom. The van der Waals surface area contributed by atoms with E-state index in [9.17, 15) is 4.79 Å². The highest BCUT2D eigenvalue weighted by Gasteiger charge is 2.27. The van der Waals surface area contributed by atoms with E-state index in [0.29, 0.717) is 12.6 Å². The van der Waals surface area contributed by atoms with Crippen LogP contribution in [0.3, 0.4) is 0 Å². The van der Waals surface area contributed by atoms with Gasteiger partial charge in [-0.2, -0.15) is 16.4 Å². The van der Waals surface area contributed by atoms with E-state index in [1.807, 2.05) is 23.0 Å². The molecule has 2 aromatic rings. The van der Waals surface area contributed by atoms with Crippen molar-refractivity contribution in [2.75, 3.05) is 32.8 Å². The molecule has 2 aromatic heterocycles. The molecule has 2 aliphatic heterocycles. The van der Waals surface area contributed by atoms with E-state index in [0.717, 1.165) is 63.6 Å². The molecular weight excluding hydrogens is 348 g/mol. The molecule has 0 saturated carbocycles. The Kier molecular flexibility index (Phi) is 5.67. The fourth-order valence-corrected chi connectivity index (χ4v) is 4.60. The zero-order valence-electron chi connectivity index (χ0n) is 15.0. The smallest absolute Gasteiger partial charge is 0.252 e. The molecule has 2 aliphatic rings. The number of carbonyl (C=O) groups excluding carboxylic acids is 1. The first kappa shape index (κ1) is 17.7. The normalized spacial score (nSPS) is 21.5. The average molecular weight is 375 g/mol. The minimum Gasteiger partial charge on any atom is -0.381 e. The highest BCUT2D eigenvalue weighted by atomic mass is 32.1. The molecule has 1 saturated heterocycles. The molecule has 0 aliphatic carbocycles. The summed E-state index contributed by atoms with van der Waals surface area (Å²) in [5.41, 5.74) is 2.03. The molecule has 1 atom stereocenters. The van der Waals surface area contributed by atoms with Crippen molar-refractivity contribution in [3.8, 4) is 0 Å². The number of carbonyl (C=O) groups is 1. The predicted octanol–water partition coefficient (Wildman–Crippen LogP) is 2.55. The Bertz CT molecular complexity index is 709. The standard InChI is InChI=1S/C19H26N4O2S/c24-19(16-5-10-26-14-16)20-6-1-17-12-22(11-15-3-8-25-9-4-15)13-18-2-7-21-23(17)18/h2,5,7,10,14-15,17H,1,3-4,6,8-9,11-13H2,(H,20,24). The summed E-state index contributed by atoms with van der Waals surface area (Å²) in [7, 11) is 0. The highest BCUT2D eigenvalue weighted by Crippen LogP contribution is 2.25. The van der Waals surface area contributed by atoms with Crippen LogP contribution < -0.4 is 5.32 Å². The van der Waals surface area contributed by atoms with Crippen molar-refractivity contribution >= 4 is 17.2 Å². The van der Waals surface area contributed by atoms with E-state index in [1.165, 1.54) is 5.69 Å². The molecule has 26 heavy (non-hydrogen) atoms. The van der Waals surface area contributed by atoms with Gasteiger partial charge in [0.1, 0.15) is 0 Å². The Labute approximate surface area is 158 Å². The van der Waals surface area contributed by atoms with Gasteiger partial charge in [-0.25, -0.2) is 0 Å². The molecule has 140 valence electrons. The summed E-state index contributed by atoms with van der Waals surface area (Å²) in [5, 5.41) is 11.4. The molecule has 4 heterocycles. The number of rotatable bonds is 6. The maximum absolute atomic E-state index is 12.1. The first-order valence-corrected chi connectivity index (χ1v) is 10.4. The molecule has 1 amide bonds. The number of ether oxygens (including phenoxy) is 1. The van der Waals surface area contributed by atoms with Crippen molar-refractivity contribution in [3.63, 3.8) is 0 Å². The van der Waals surface area contributed by atoms with Gasteiger partial charge in [0.15, 0.2) is 0 Å². The summed E-state index contributed by atoms with van der Waals surface area (Å²) in [6, 6.07) is 4.30. The van der Waals surface area contributed by atoms with E-state index in [2.05, 4.69) is 26.1 Å². The largest absolute Gasteiger partial charge is 0.381 e. The average Bonchev–Trinajstić information content (AvgIpc) is 3.34. The summed E-state index contributed by atoms with van der Waals surface area (Å²) in [6.45, 7) is 5.56. The van der Waals surface area contributed by atoms with E-state index in [4.69, 9.17) is 4.74 Å². The van der Waals surface area contributed by atoms with Gasteiger partial charge in [-0.1, -0.05) is 0 Å². The van der Waals surface area contributed by atoms with Gasteiger partial charge in [-0.3, -0.25) is 14.4 Å². The Morgan fingerprint density at radius 1 is 1.35 bits per heavy atom. The molecular formula is C19H26N4O2S. The van der Waals surface area contributed by atoms with E-state index < -0.39 is 0 Å². The molecule has 0 radical (unpaired) electrons. The van der Waals surface area contributed by atoms with Crippen LogP contribution in [-0.2, 0) is 11.3 Å².